The lowest BCUT2D eigenvalue weighted by Gasteiger charge is -2.18. The Labute approximate surface area is 77.7 Å². The van der Waals surface area contributed by atoms with E-state index < -0.39 is 6.04 Å². The Morgan fingerprint density at radius 1 is 1.77 bits per heavy atom. The topological polar surface area (TPSA) is 64.8 Å². The average Bonchev–Trinajstić information content (AvgIpc) is 2.65. The number of ether oxygens (including phenoxy) is 1. The number of hydrogen-bond acceptors (Lipinski definition) is 4. The van der Waals surface area contributed by atoms with Gasteiger partial charge in [0.1, 0.15) is 0 Å². The standard InChI is InChI=1S/C8H16N2O3/c1-12-6-3-7(9)8(11)10-4-2-5-13-10/h7H,2-6,9H2,1H3. The normalized spacial score (nSPS) is 19.1. The van der Waals surface area contributed by atoms with Crippen molar-refractivity contribution in [2.45, 2.75) is 18.9 Å². The molecule has 0 aliphatic carbocycles. The second kappa shape index (κ2) is 5.16. The van der Waals surface area contributed by atoms with Gasteiger partial charge >= 0.3 is 0 Å². The van der Waals surface area contributed by atoms with Crippen LogP contribution in [0.2, 0.25) is 0 Å². The summed E-state index contributed by atoms with van der Waals surface area (Å²) in [6.07, 6.45) is 1.43. The van der Waals surface area contributed by atoms with Gasteiger partial charge in [-0.1, -0.05) is 0 Å². The molecule has 76 valence electrons. The second-order valence-electron chi connectivity index (χ2n) is 3.02. The number of carbonyl (C=O) groups is 1. The molecule has 1 fully saturated rings. The lowest BCUT2D eigenvalue weighted by atomic mass is 10.2. The van der Waals surface area contributed by atoms with Crippen molar-refractivity contribution in [3.8, 4) is 0 Å². The van der Waals surface area contributed by atoms with Gasteiger partial charge in [0.15, 0.2) is 0 Å². The molecule has 1 rings (SSSR count). The molecule has 1 unspecified atom stereocenters. The molecule has 1 saturated heterocycles. The lowest BCUT2D eigenvalue weighted by molar-refractivity contribution is -0.170. The zero-order valence-corrected chi connectivity index (χ0v) is 7.86. The van der Waals surface area contributed by atoms with E-state index in [-0.39, 0.29) is 5.91 Å². The number of carbonyl (C=O) groups excluding carboxylic acids is 1. The molecular formula is C8H16N2O3. The van der Waals surface area contributed by atoms with Crippen molar-refractivity contribution in [2.24, 2.45) is 5.73 Å². The molecule has 1 aliphatic heterocycles. The summed E-state index contributed by atoms with van der Waals surface area (Å²) >= 11 is 0. The van der Waals surface area contributed by atoms with Crippen LogP contribution in [0, 0.1) is 0 Å². The van der Waals surface area contributed by atoms with E-state index in [4.69, 9.17) is 15.3 Å². The molecule has 1 atom stereocenters. The molecular weight excluding hydrogens is 172 g/mol. The third kappa shape index (κ3) is 2.95. The Morgan fingerprint density at radius 3 is 3.08 bits per heavy atom. The predicted octanol–water partition coefficient (Wildman–Crippen LogP) is -0.486. The third-order valence-electron chi connectivity index (χ3n) is 1.95. The quantitative estimate of drug-likeness (QED) is 0.647. The van der Waals surface area contributed by atoms with Gasteiger partial charge in [-0.25, -0.2) is 5.06 Å². The molecule has 0 spiro atoms. The fourth-order valence-electron chi connectivity index (χ4n) is 1.17. The van der Waals surface area contributed by atoms with Crippen LogP contribution in [0.25, 0.3) is 0 Å². The largest absolute Gasteiger partial charge is 0.385 e. The van der Waals surface area contributed by atoms with Crippen LogP contribution in [0.15, 0.2) is 0 Å². The molecule has 0 aromatic heterocycles. The molecule has 0 saturated carbocycles. The third-order valence-corrected chi connectivity index (χ3v) is 1.95. The van der Waals surface area contributed by atoms with E-state index in [0.29, 0.717) is 26.2 Å². The van der Waals surface area contributed by atoms with Crippen LogP contribution in [0.5, 0.6) is 0 Å². The summed E-state index contributed by atoms with van der Waals surface area (Å²) in [5.41, 5.74) is 5.63. The first kappa shape index (κ1) is 10.4. The highest BCUT2D eigenvalue weighted by Crippen LogP contribution is 2.06. The highest BCUT2D eigenvalue weighted by atomic mass is 16.7. The number of hydroxylamine groups is 2. The van der Waals surface area contributed by atoms with E-state index in [9.17, 15) is 4.79 Å². The second-order valence-corrected chi connectivity index (χ2v) is 3.02. The molecule has 0 radical (unpaired) electrons. The average molecular weight is 188 g/mol. The molecule has 2 N–H and O–H groups in total. The van der Waals surface area contributed by atoms with Crippen molar-refractivity contribution in [3.05, 3.63) is 0 Å². The molecule has 1 amide bonds. The summed E-state index contributed by atoms with van der Waals surface area (Å²) < 4.78 is 4.83. The van der Waals surface area contributed by atoms with Gasteiger partial charge in [0, 0.05) is 13.7 Å². The summed E-state index contributed by atoms with van der Waals surface area (Å²) in [5.74, 6) is -0.144. The molecule has 0 aromatic rings. The predicted molar refractivity (Wildman–Crippen MR) is 46.8 cm³/mol. The number of amides is 1. The van der Waals surface area contributed by atoms with Crippen LogP contribution < -0.4 is 5.73 Å². The van der Waals surface area contributed by atoms with Gasteiger partial charge < -0.3 is 10.5 Å². The van der Waals surface area contributed by atoms with E-state index in [2.05, 4.69) is 0 Å². The highest BCUT2D eigenvalue weighted by molar-refractivity contribution is 5.80. The first-order valence-electron chi connectivity index (χ1n) is 4.44. The van der Waals surface area contributed by atoms with Crippen molar-refractivity contribution >= 4 is 5.91 Å². The monoisotopic (exact) mass is 188 g/mol. The highest BCUT2D eigenvalue weighted by Gasteiger charge is 2.24. The Kier molecular flexibility index (Phi) is 4.14. The zero-order valence-electron chi connectivity index (χ0n) is 7.86. The lowest BCUT2D eigenvalue weighted by Crippen LogP contribution is -2.42. The van der Waals surface area contributed by atoms with Gasteiger partial charge in [0.2, 0.25) is 0 Å². The smallest absolute Gasteiger partial charge is 0.263 e. The summed E-state index contributed by atoms with van der Waals surface area (Å²) in [6, 6.07) is -0.502. The van der Waals surface area contributed by atoms with Crippen molar-refractivity contribution in [1.82, 2.24) is 5.06 Å². The van der Waals surface area contributed by atoms with Crippen molar-refractivity contribution < 1.29 is 14.4 Å². The molecule has 5 heteroatoms. The molecule has 5 nitrogen and oxygen atoms in total. The molecule has 1 aliphatic rings. The summed E-state index contributed by atoms with van der Waals surface area (Å²) in [7, 11) is 1.59. The van der Waals surface area contributed by atoms with Crippen molar-refractivity contribution in [2.75, 3.05) is 26.9 Å². The van der Waals surface area contributed by atoms with E-state index in [1.54, 1.807) is 7.11 Å². The number of hydrogen-bond donors (Lipinski definition) is 1. The number of nitrogens with two attached hydrogens (primary N) is 1. The maximum atomic E-state index is 11.5. The fraction of sp³-hybridized carbons (Fsp3) is 0.875. The summed E-state index contributed by atoms with van der Waals surface area (Å²) in [5, 5.41) is 1.35. The van der Waals surface area contributed by atoms with Crippen molar-refractivity contribution in [3.63, 3.8) is 0 Å². The van der Waals surface area contributed by atoms with Crippen LogP contribution in [0.1, 0.15) is 12.8 Å². The van der Waals surface area contributed by atoms with Gasteiger partial charge in [0.05, 0.1) is 19.2 Å². The van der Waals surface area contributed by atoms with Crippen LogP contribution >= 0.6 is 0 Å². The van der Waals surface area contributed by atoms with Crippen LogP contribution in [-0.4, -0.2) is 43.9 Å². The van der Waals surface area contributed by atoms with Gasteiger partial charge in [-0.2, -0.15) is 0 Å². The maximum Gasteiger partial charge on any atom is 0.263 e. The van der Waals surface area contributed by atoms with Gasteiger partial charge in [-0.05, 0) is 12.8 Å². The summed E-state index contributed by atoms with van der Waals surface area (Å²) in [4.78, 5) is 16.6. The van der Waals surface area contributed by atoms with E-state index in [0.717, 1.165) is 6.42 Å². The zero-order chi connectivity index (χ0) is 9.68. The molecule has 13 heavy (non-hydrogen) atoms. The minimum atomic E-state index is -0.502. The minimum Gasteiger partial charge on any atom is -0.385 e. The number of rotatable bonds is 4. The van der Waals surface area contributed by atoms with Crippen LogP contribution in [-0.2, 0) is 14.4 Å². The Bertz CT molecular complexity index is 169. The van der Waals surface area contributed by atoms with Crippen LogP contribution in [0.4, 0.5) is 0 Å². The fourth-order valence-corrected chi connectivity index (χ4v) is 1.17. The SMILES string of the molecule is COCCC(N)C(=O)N1CCCO1. The first-order chi connectivity index (χ1) is 6.25. The Hall–Kier alpha value is -0.650. The van der Waals surface area contributed by atoms with Gasteiger partial charge in [0.25, 0.3) is 5.91 Å². The molecule has 0 aromatic carbocycles. The molecule has 0 bridgehead atoms. The maximum absolute atomic E-state index is 11.5. The van der Waals surface area contributed by atoms with E-state index in [1.165, 1.54) is 5.06 Å². The number of nitrogens with zero attached hydrogens (tertiary/aromatic N) is 1. The van der Waals surface area contributed by atoms with Crippen molar-refractivity contribution in [1.29, 1.82) is 0 Å². The summed E-state index contributed by atoms with van der Waals surface area (Å²) in [6.45, 7) is 1.77. The minimum absolute atomic E-state index is 0.144. The molecule has 1 heterocycles. The number of methoxy groups -OCH3 is 1. The van der Waals surface area contributed by atoms with E-state index in [1.807, 2.05) is 0 Å². The Balaban J connectivity index is 2.28. The Morgan fingerprint density at radius 2 is 2.54 bits per heavy atom. The van der Waals surface area contributed by atoms with Gasteiger partial charge in [-0.3, -0.25) is 9.63 Å². The van der Waals surface area contributed by atoms with Crippen LogP contribution in [0.3, 0.4) is 0 Å². The van der Waals surface area contributed by atoms with E-state index >= 15 is 0 Å². The first-order valence-corrected chi connectivity index (χ1v) is 4.44. The van der Waals surface area contributed by atoms with Gasteiger partial charge in [-0.15, -0.1) is 0 Å².